The standard InChI is InChI=1S/C18H32O3Si/c1-20-18-13-7-10-16(15-18)9-5-3-2-4-6-11-17(19)12-8-14-21-22/h7,10,13,15,17,19H,2-6,8-9,11-12,14H2,1,22H3. The van der Waals surface area contributed by atoms with Crippen LogP contribution in [0.15, 0.2) is 24.3 Å². The van der Waals surface area contributed by atoms with Crippen molar-refractivity contribution in [3.63, 3.8) is 0 Å². The highest BCUT2D eigenvalue weighted by atomic mass is 28.2. The summed E-state index contributed by atoms with van der Waals surface area (Å²) in [4.78, 5) is 0. The van der Waals surface area contributed by atoms with Crippen LogP contribution in [0.25, 0.3) is 0 Å². The molecule has 0 aliphatic heterocycles. The van der Waals surface area contributed by atoms with Gasteiger partial charge in [-0.15, -0.1) is 0 Å². The molecule has 126 valence electrons. The summed E-state index contributed by atoms with van der Waals surface area (Å²) in [5, 5.41) is 9.82. The second-order valence-corrected chi connectivity index (χ2v) is 6.52. The van der Waals surface area contributed by atoms with Crippen LogP contribution in [0.5, 0.6) is 5.75 Å². The van der Waals surface area contributed by atoms with Crippen molar-refractivity contribution in [1.82, 2.24) is 0 Å². The Bertz CT molecular complexity index is 384. The number of hydrogen-bond acceptors (Lipinski definition) is 3. The van der Waals surface area contributed by atoms with Gasteiger partial charge >= 0.3 is 0 Å². The molecule has 3 nitrogen and oxygen atoms in total. The van der Waals surface area contributed by atoms with Gasteiger partial charge in [-0.2, -0.15) is 0 Å². The van der Waals surface area contributed by atoms with Crippen molar-refractivity contribution < 1.29 is 14.3 Å². The van der Waals surface area contributed by atoms with E-state index in [4.69, 9.17) is 9.16 Å². The Hall–Kier alpha value is -0.843. The van der Waals surface area contributed by atoms with E-state index in [-0.39, 0.29) is 6.10 Å². The van der Waals surface area contributed by atoms with E-state index >= 15 is 0 Å². The number of aryl methyl sites for hydroxylation is 1. The number of unbranched alkanes of at least 4 members (excludes halogenated alkanes) is 4. The summed E-state index contributed by atoms with van der Waals surface area (Å²) < 4.78 is 10.4. The van der Waals surface area contributed by atoms with Crippen LogP contribution in [0.2, 0.25) is 0 Å². The van der Waals surface area contributed by atoms with Gasteiger partial charge in [0.15, 0.2) is 0 Å². The van der Waals surface area contributed by atoms with E-state index in [0.717, 1.165) is 54.9 Å². The molecule has 1 unspecified atom stereocenters. The summed E-state index contributed by atoms with van der Waals surface area (Å²) in [6.07, 6.45) is 9.94. The lowest BCUT2D eigenvalue weighted by Gasteiger charge is -2.10. The number of benzene rings is 1. The van der Waals surface area contributed by atoms with Crippen LogP contribution in [-0.2, 0) is 10.8 Å². The fraction of sp³-hybridized carbons (Fsp3) is 0.667. The Morgan fingerprint density at radius 2 is 1.77 bits per heavy atom. The maximum Gasteiger partial charge on any atom is 0.145 e. The lowest BCUT2D eigenvalue weighted by atomic mass is 10.0. The summed E-state index contributed by atoms with van der Waals surface area (Å²) in [6, 6.07) is 8.34. The molecule has 0 saturated heterocycles. The molecule has 4 heteroatoms. The molecule has 22 heavy (non-hydrogen) atoms. The molecule has 1 aromatic rings. The summed E-state index contributed by atoms with van der Waals surface area (Å²) in [5.41, 5.74) is 1.36. The zero-order valence-electron chi connectivity index (χ0n) is 14.2. The summed E-state index contributed by atoms with van der Waals surface area (Å²) in [5.74, 6) is 0.947. The van der Waals surface area contributed by atoms with Crippen molar-refractivity contribution in [2.45, 2.75) is 63.9 Å². The molecule has 0 fully saturated rings. The Labute approximate surface area is 138 Å². The van der Waals surface area contributed by atoms with Gasteiger partial charge in [-0.25, -0.2) is 0 Å². The molecule has 0 amide bonds. The molecule has 0 heterocycles. The Morgan fingerprint density at radius 1 is 1.05 bits per heavy atom. The van der Waals surface area contributed by atoms with Crippen LogP contribution >= 0.6 is 0 Å². The third kappa shape index (κ3) is 9.23. The van der Waals surface area contributed by atoms with Gasteiger partial charge in [-0.3, -0.25) is 0 Å². The van der Waals surface area contributed by atoms with E-state index in [9.17, 15) is 5.11 Å². The SMILES string of the molecule is COc1cccc(CCCCCCCC(O)CCCO[SiH3])c1. The molecule has 1 aromatic carbocycles. The highest BCUT2D eigenvalue weighted by Crippen LogP contribution is 2.16. The van der Waals surface area contributed by atoms with Gasteiger partial charge in [0.1, 0.15) is 16.2 Å². The molecule has 0 saturated carbocycles. The quantitative estimate of drug-likeness (QED) is 0.448. The number of methoxy groups -OCH3 is 1. The van der Waals surface area contributed by atoms with Crippen LogP contribution in [0.3, 0.4) is 0 Å². The fourth-order valence-corrected chi connectivity index (χ4v) is 2.96. The zero-order chi connectivity index (χ0) is 16.0. The predicted octanol–water partition coefficient (Wildman–Crippen LogP) is 3.02. The average Bonchev–Trinajstić information content (AvgIpc) is 2.54. The van der Waals surface area contributed by atoms with Crippen molar-refractivity contribution in [3.8, 4) is 5.75 Å². The maximum atomic E-state index is 9.82. The minimum absolute atomic E-state index is 0.131. The highest BCUT2D eigenvalue weighted by Gasteiger charge is 2.03. The summed E-state index contributed by atoms with van der Waals surface area (Å²) in [6.45, 7) is 0.813. The van der Waals surface area contributed by atoms with Crippen LogP contribution in [-0.4, -0.2) is 35.4 Å². The minimum Gasteiger partial charge on any atom is -0.497 e. The summed E-state index contributed by atoms with van der Waals surface area (Å²) >= 11 is 0. The maximum absolute atomic E-state index is 9.82. The number of aliphatic hydroxyl groups is 1. The van der Waals surface area contributed by atoms with E-state index in [1.54, 1.807) is 7.11 Å². The van der Waals surface area contributed by atoms with Gasteiger partial charge in [0.05, 0.1) is 13.2 Å². The third-order valence-electron chi connectivity index (χ3n) is 4.02. The van der Waals surface area contributed by atoms with Gasteiger partial charge in [0, 0.05) is 6.61 Å². The first-order valence-corrected chi connectivity index (χ1v) is 9.38. The Morgan fingerprint density at radius 3 is 2.55 bits per heavy atom. The number of aliphatic hydroxyl groups excluding tert-OH is 1. The first-order valence-electron chi connectivity index (χ1n) is 8.56. The molecule has 1 rings (SSSR count). The van der Waals surface area contributed by atoms with Crippen molar-refractivity contribution in [2.75, 3.05) is 13.7 Å². The predicted molar refractivity (Wildman–Crippen MR) is 95.5 cm³/mol. The second-order valence-electron chi connectivity index (χ2n) is 5.95. The Kier molecular flexibility index (Phi) is 11.1. The van der Waals surface area contributed by atoms with E-state index in [1.165, 1.54) is 31.2 Å². The van der Waals surface area contributed by atoms with E-state index < -0.39 is 0 Å². The highest BCUT2D eigenvalue weighted by molar-refractivity contribution is 5.97. The van der Waals surface area contributed by atoms with Crippen LogP contribution in [0.4, 0.5) is 0 Å². The number of ether oxygens (including phenoxy) is 1. The largest absolute Gasteiger partial charge is 0.497 e. The molecule has 0 radical (unpaired) electrons. The lowest BCUT2D eigenvalue weighted by molar-refractivity contribution is 0.141. The average molecular weight is 325 g/mol. The van der Waals surface area contributed by atoms with Crippen molar-refractivity contribution in [3.05, 3.63) is 29.8 Å². The molecule has 0 bridgehead atoms. The molecular formula is C18H32O3Si. The molecule has 1 atom stereocenters. The zero-order valence-corrected chi connectivity index (χ0v) is 16.2. The van der Waals surface area contributed by atoms with E-state index in [1.807, 2.05) is 6.07 Å². The molecule has 0 aromatic heterocycles. The first-order chi connectivity index (χ1) is 10.8. The Balaban J connectivity index is 1.97. The van der Waals surface area contributed by atoms with Crippen molar-refractivity contribution >= 4 is 10.5 Å². The van der Waals surface area contributed by atoms with Crippen molar-refractivity contribution in [1.29, 1.82) is 0 Å². The molecule has 1 N–H and O–H groups in total. The fourth-order valence-electron chi connectivity index (χ4n) is 2.68. The molecule has 0 spiro atoms. The smallest absolute Gasteiger partial charge is 0.145 e. The first kappa shape index (κ1) is 19.2. The second kappa shape index (κ2) is 12.7. The van der Waals surface area contributed by atoms with Gasteiger partial charge in [-0.05, 0) is 49.8 Å². The topological polar surface area (TPSA) is 38.7 Å². The van der Waals surface area contributed by atoms with E-state index in [0.29, 0.717) is 0 Å². The van der Waals surface area contributed by atoms with Crippen LogP contribution < -0.4 is 4.74 Å². The summed E-state index contributed by atoms with van der Waals surface area (Å²) in [7, 11) is 2.52. The number of rotatable bonds is 13. The normalized spacial score (nSPS) is 12.5. The van der Waals surface area contributed by atoms with E-state index in [2.05, 4.69) is 18.2 Å². The number of hydrogen-bond donors (Lipinski definition) is 1. The van der Waals surface area contributed by atoms with Gasteiger partial charge in [0.25, 0.3) is 0 Å². The van der Waals surface area contributed by atoms with Gasteiger partial charge < -0.3 is 14.3 Å². The molecule has 0 aliphatic carbocycles. The van der Waals surface area contributed by atoms with Gasteiger partial charge in [-0.1, -0.05) is 37.8 Å². The van der Waals surface area contributed by atoms with Crippen LogP contribution in [0.1, 0.15) is 56.9 Å². The molecule has 0 aliphatic rings. The van der Waals surface area contributed by atoms with Gasteiger partial charge in [0.2, 0.25) is 0 Å². The molecular weight excluding hydrogens is 292 g/mol. The monoisotopic (exact) mass is 324 g/mol. The third-order valence-corrected chi connectivity index (χ3v) is 4.43. The lowest BCUT2D eigenvalue weighted by Crippen LogP contribution is -2.07. The minimum atomic E-state index is -0.131. The van der Waals surface area contributed by atoms with Crippen molar-refractivity contribution in [2.24, 2.45) is 0 Å². The van der Waals surface area contributed by atoms with Crippen LogP contribution in [0, 0.1) is 0 Å².